The van der Waals surface area contributed by atoms with Gasteiger partial charge in [-0.05, 0) is 79.1 Å². The summed E-state index contributed by atoms with van der Waals surface area (Å²) in [4.78, 5) is 52.0. The van der Waals surface area contributed by atoms with Crippen LogP contribution in [-0.4, -0.2) is 41.9 Å². The van der Waals surface area contributed by atoms with Crippen LogP contribution in [0.1, 0.15) is 41.6 Å². The smallest absolute Gasteiger partial charge is 0.343 e. The summed E-state index contributed by atoms with van der Waals surface area (Å²) >= 11 is 5.86. The van der Waals surface area contributed by atoms with E-state index >= 15 is 0 Å². The number of halogens is 1. The average Bonchev–Trinajstić information content (AvgIpc) is 3.46. The van der Waals surface area contributed by atoms with E-state index in [-0.39, 0.29) is 23.1 Å². The molecule has 2 aromatic carbocycles. The second-order valence-corrected chi connectivity index (χ2v) is 9.48. The molecule has 3 aliphatic rings. The van der Waals surface area contributed by atoms with Gasteiger partial charge >= 0.3 is 12.0 Å². The van der Waals surface area contributed by atoms with Crippen molar-refractivity contribution in [2.24, 2.45) is 11.8 Å². The van der Waals surface area contributed by atoms with Crippen molar-refractivity contribution in [1.29, 1.82) is 0 Å². The van der Waals surface area contributed by atoms with Crippen LogP contribution in [0.3, 0.4) is 0 Å². The van der Waals surface area contributed by atoms with Crippen molar-refractivity contribution in [2.75, 3.05) is 7.11 Å². The Morgan fingerprint density at radius 2 is 1.83 bits per heavy atom. The fourth-order valence-electron chi connectivity index (χ4n) is 5.27. The van der Waals surface area contributed by atoms with E-state index in [0.29, 0.717) is 28.0 Å². The first kappa shape index (κ1) is 23.1. The predicted octanol–water partition coefficient (Wildman–Crippen LogP) is 4.22. The van der Waals surface area contributed by atoms with Crippen LogP contribution in [0, 0.1) is 11.8 Å². The highest BCUT2D eigenvalue weighted by Crippen LogP contribution is 2.47. The maximum absolute atomic E-state index is 13.2. The lowest BCUT2D eigenvalue weighted by Crippen LogP contribution is -2.58. The van der Waals surface area contributed by atoms with Gasteiger partial charge in [0.15, 0.2) is 11.5 Å². The molecule has 2 saturated carbocycles. The molecule has 2 aromatic rings. The number of benzene rings is 2. The van der Waals surface area contributed by atoms with Gasteiger partial charge in [0.25, 0.3) is 11.8 Å². The van der Waals surface area contributed by atoms with Crippen molar-refractivity contribution in [3.8, 4) is 11.5 Å². The fraction of sp³-hybridized carbons (Fsp3) is 0.308. The number of methoxy groups -OCH3 is 1. The first-order valence-corrected chi connectivity index (χ1v) is 11.8. The molecule has 0 spiro atoms. The van der Waals surface area contributed by atoms with Crippen LogP contribution < -0.4 is 14.8 Å². The summed E-state index contributed by atoms with van der Waals surface area (Å²) in [5.74, 6) is -0.681. The van der Waals surface area contributed by atoms with Crippen molar-refractivity contribution in [2.45, 2.75) is 31.7 Å². The highest BCUT2D eigenvalue weighted by Gasteiger charge is 2.49. The van der Waals surface area contributed by atoms with Crippen LogP contribution in [0.2, 0.25) is 5.02 Å². The second kappa shape index (κ2) is 9.19. The summed E-state index contributed by atoms with van der Waals surface area (Å²) in [6.45, 7) is 0. The molecule has 2 bridgehead atoms. The van der Waals surface area contributed by atoms with Crippen molar-refractivity contribution in [3.05, 3.63) is 64.2 Å². The first-order valence-electron chi connectivity index (χ1n) is 11.4. The summed E-state index contributed by atoms with van der Waals surface area (Å²) in [6, 6.07) is 10.1. The summed E-state index contributed by atoms with van der Waals surface area (Å²) in [7, 11) is 1.42. The van der Waals surface area contributed by atoms with E-state index < -0.39 is 23.8 Å². The third-order valence-electron chi connectivity index (χ3n) is 6.95. The van der Waals surface area contributed by atoms with Gasteiger partial charge in [-0.1, -0.05) is 24.1 Å². The number of esters is 1. The Labute approximate surface area is 206 Å². The van der Waals surface area contributed by atoms with Crippen molar-refractivity contribution < 1.29 is 28.7 Å². The highest BCUT2D eigenvalue weighted by atomic mass is 35.5. The molecule has 4 amide bonds. The number of urea groups is 1. The van der Waals surface area contributed by atoms with Crippen LogP contribution in [0.25, 0.3) is 6.08 Å². The molecule has 1 N–H and O–H groups in total. The molecule has 0 radical (unpaired) electrons. The summed E-state index contributed by atoms with van der Waals surface area (Å²) in [5, 5.41) is 2.80. The van der Waals surface area contributed by atoms with Crippen LogP contribution >= 0.6 is 11.6 Å². The van der Waals surface area contributed by atoms with Crippen LogP contribution in [0.4, 0.5) is 4.79 Å². The molecule has 3 fully saturated rings. The number of hydrogen-bond acceptors (Lipinski definition) is 6. The zero-order chi connectivity index (χ0) is 24.7. The maximum Gasteiger partial charge on any atom is 0.343 e. The summed E-state index contributed by atoms with van der Waals surface area (Å²) < 4.78 is 10.8. The first-order chi connectivity index (χ1) is 16.8. The Morgan fingerprint density at radius 3 is 2.49 bits per heavy atom. The average molecular weight is 495 g/mol. The molecule has 1 aliphatic heterocycles. The Bertz CT molecular complexity index is 1250. The summed E-state index contributed by atoms with van der Waals surface area (Å²) in [6.07, 6.45) is 5.33. The molecule has 9 heteroatoms. The molecular weight excluding hydrogens is 472 g/mol. The van der Waals surface area contributed by atoms with Crippen molar-refractivity contribution in [1.82, 2.24) is 10.2 Å². The van der Waals surface area contributed by atoms with E-state index in [2.05, 4.69) is 5.32 Å². The number of carbonyl (C=O) groups excluding carboxylic acids is 4. The van der Waals surface area contributed by atoms with E-state index in [1.807, 2.05) is 0 Å². The van der Waals surface area contributed by atoms with Gasteiger partial charge in [0.1, 0.15) is 5.57 Å². The number of carbonyl (C=O) groups is 4. The SMILES string of the molecule is COc1cc(/C=C2\C(=O)NC(=O)N([C@H]3C[C@H]4CC[C@H]3C4)C2=O)ccc1OC(=O)c1ccc(Cl)cc1. The number of nitrogens with zero attached hydrogens (tertiary/aromatic N) is 1. The normalized spacial score (nSPS) is 24.6. The molecule has 180 valence electrons. The van der Waals surface area contributed by atoms with Crippen molar-refractivity contribution in [3.63, 3.8) is 0 Å². The molecule has 5 rings (SSSR count). The van der Waals surface area contributed by atoms with Gasteiger partial charge in [-0.15, -0.1) is 0 Å². The third-order valence-corrected chi connectivity index (χ3v) is 7.20. The largest absolute Gasteiger partial charge is 0.493 e. The molecule has 0 unspecified atom stereocenters. The van der Waals surface area contributed by atoms with Crippen LogP contribution in [0.5, 0.6) is 11.5 Å². The van der Waals surface area contributed by atoms with Gasteiger partial charge in [-0.25, -0.2) is 9.59 Å². The minimum atomic E-state index is -0.739. The van der Waals surface area contributed by atoms with Gasteiger partial charge in [-0.3, -0.25) is 19.8 Å². The summed E-state index contributed by atoms with van der Waals surface area (Å²) in [5.41, 5.74) is 0.673. The molecule has 3 atom stereocenters. The molecule has 1 saturated heterocycles. The zero-order valence-corrected chi connectivity index (χ0v) is 19.7. The topological polar surface area (TPSA) is 102 Å². The lowest BCUT2D eigenvalue weighted by molar-refractivity contribution is -0.132. The molecule has 8 nitrogen and oxygen atoms in total. The Kier molecular flexibility index (Phi) is 6.06. The number of ether oxygens (including phenoxy) is 2. The van der Waals surface area contributed by atoms with Gasteiger partial charge in [0.2, 0.25) is 0 Å². The second-order valence-electron chi connectivity index (χ2n) is 9.04. The Morgan fingerprint density at radius 1 is 1.06 bits per heavy atom. The van der Waals surface area contributed by atoms with E-state index in [9.17, 15) is 19.2 Å². The zero-order valence-electron chi connectivity index (χ0n) is 19.0. The quantitative estimate of drug-likeness (QED) is 0.289. The molecular formula is C26H23ClN2O6. The van der Waals surface area contributed by atoms with Gasteiger partial charge in [0.05, 0.1) is 12.7 Å². The highest BCUT2D eigenvalue weighted by molar-refractivity contribution is 6.31. The number of amides is 4. The van der Waals surface area contributed by atoms with Crippen LogP contribution in [-0.2, 0) is 9.59 Å². The van der Waals surface area contributed by atoms with Crippen LogP contribution in [0.15, 0.2) is 48.0 Å². The van der Waals surface area contributed by atoms with Gasteiger partial charge in [0, 0.05) is 11.1 Å². The fourth-order valence-corrected chi connectivity index (χ4v) is 5.40. The number of hydrogen-bond donors (Lipinski definition) is 1. The van der Waals surface area contributed by atoms with Crippen molar-refractivity contribution >= 4 is 41.5 Å². The lowest BCUT2D eigenvalue weighted by atomic mass is 9.93. The van der Waals surface area contributed by atoms with E-state index in [4.69, 9.17) is 21.1 Å². The number of nitrogens with one attached hydrogen (secondary N) is 1. The standard InChI is InChI=1S/C26H23ClN2O6/c1-34-22-13-15(3-9-21(22)35-25(32)16-5-7-18(27)8-6-16)11-19-23(30)28-26(33)29(24(19)31)20-12-14-2-4-17(20)10-14/h3,5-9,11,13-14,17,20H,2,4,10,12H2,1H3,(H,28,30,33)/b19-11+/t14-,17-,20-/m0/s1. The molecule has 35 heavy (non-hydrogen) atoms. The monoisotopic (exact) mass is 494 g/mol. The molecule has 2 aliphatic carbocycles. The minimum absolute atomic E-state index is 0.125. The number of imide groups is 2. The number of barbiturate groups is 1. The Hall–Kier alpha value is -3.65. The molecule has 0 aromatic heterocycles. The Balaban J connectivity index is 1.38. The number of rotatable bonds is 5. The van der Waals surface area contributed by atoms with Gasteiger partial charge in [-0.2, -0.15) is 0 Å². The third kappa shape index (κ3) is 4.41. The van der Waals surface area contributed by atoms with Gasteiger partial charge < -0.3 is 9.47 Å². The lowest BCUT2D eigenvalue weighted by Gasteiger charge is -2.35. The number of fused-ring (bicyclic) bond motifs is 2. The minimum Gasteiger partial charge on any atom is -0.493 e. The van der Waals surface area contributed by atoms with E-state index in [0.717, 1.165) is 25.7 Å². The van der Waals surface area contributed by atoms with E-state index in [1.165, 1.54) is 24.2 Å². The molecule has 1 heterocycles. The van der Waals surface area contributed by atoms with E-state index in [1.54, 1.807) is 36.4 Å². The maximum atomic E-state index is 13.2. The predicted molar refractivity (Wildman–Crippen MR) is 127 cm³/mol.